The lowest BCUT2D eigenvalue weighted by atomic mass is 10.1. The summed E-state index contributed by atoms with van der Waals surface area (Å²) in [6.07, 6.45) is 2.04. The Morgan fingerprint density at radius 3 is 3.07 bits per heavy atom. The van der Waals surface area contributed by atoms with Crippen molar-refractivity contribution in [2.45, 2.75) is 25.8 Å². The first-order valence-electron chi connectivity index (χ1n) is 4.93. The third kappa shape index (κ3) is 2.25. The topological polar surface area (TPSA) is 51.8 Å². The van der Waals surface area contributed by atoms with Crippen LogP contribution < -0.4 is 5.73 Å². The molecule has 0 aromatic carbocycles. The van der Waals surface area contributed by atoms with Gasteiger partial charge in [0.15, 0.2) is 0 Å². The minimum Gasteiger partial charge on any atom is -0.319 e. The molecule has 5 heteroatoms. The molecule has 0 amide bonds. The van der Waals surface area contributed by atoms with E-state index in [1.165, 1.54) is 16.4 Å². The van der Waals surface area contributed by atoms with Gasteiger partial charge < -0.3 is 5.73 Å². The third-order valence-electron chi connectivity index (χ3n) is 2.20. The second-order valence-electron chi connectivity index (χ2n) is 3.33. The highest BCUT2D eigenvalue weighted by Gasteiger charge is 2.17. The summed E-state index contributed by atoms with van der Waals surface area (Å²) in [5.41, 5.74) is 7.24. The highest BCUT2D eigenvalue weighted by Crippen LogP contribution is 2.28. The first-order valence-corrected chi connectivity index (χ1v) is 6.58. The van der Waals surface area contributed by atoms with Gasteiger partial charge in [-0.2, -0.15) is 0 Å². The molecule has 0 saturated carbocycles. The normalized spacial score (nSPS) is 12.9. The summed E-state index contributed by atoms with van der Waals surface area (Å²) < 4.78 is 3.99. The number of hydrogen-bond donors (Lipinski definition) is 1. The third-order valence-corrected chi connectivity index (χ3v) is 4.01. The number of thiophene rings is 1. The van der Waals surface area contributed by atoms with E-state index in [-0.39, 0.29) is 6.04 Å². The van der Waals surface area contributed by atoms with E-state index in [1.54, 1.807) is 11.3 Å². The van der Waals surface area contributed by atoms with Crippen LogP contribution in [0.4, 0.5) is 0 Å². The lowest BCUT2D eigenvalue weighted by molar-refractivity contribution is 0.821. The van der Waals surface area contributed by atoms with E-state index < -0.39 is 0 Å². The molecule has 2 N–H and O–H groups in total. The Labute approximate surface area is 97.1 Å². The Balaban J connectivity index is 2.25. The Bertz CT molecular complexity index is 408. The number of nitrogens with zero attached hydrogens (tertiary/aromatic N) is 2. The summed E-state index contributed by atoms with van der Waals surface area (Å²) in [5.74, 6) is 0. The van der Waals surface area contributed by atoms with Crippen LogP contribution in [-0.4, -0.2) is 9.59 Å². The number of rotatable bonds is 4. The summed E-state index contributed by atoms with van der Waals surface area (Å²) in [7, 11) is 0. The van der Waals surface area contributed by atoms with Crippen LogP contribution >= 0.6 is 22.9 Å². The SMILES string of the molecule is CCCc1nnsc1C(N)c1cccs1. The molecule has 2 rings (SSSR count). The van der Waals surface area contributed by atoms with E-state index >= 15 is 0 Å². The van der Waals surface area contributed by atoms with Gasteiger partial charge in [0.25, 0.3) is 0 Å². The zero-order valence-electron chi connectivity index (χ0n) is 8.51. The van der Waals surface area contributed by atoms with E-state index in [0.29, 0.717) is 0 Å². The van der Waals surface area contributed by atoms with Gasteiger partial charge in [0.1, 0.15) is 0 Å². The minimum absolute atomic E-state index is 0.0495. The Morgan fingerprint density at radius 1 is 1.53 bits per heavy atom. The maximum absolute atomic E-state index is 6.18. The summed E-state index contributed by atoms with van der Waals surface area (Å²) in [6.45, 7) is 2.14. The highest BCUT2D eigenvalue weighted by molar-refractivity contribution is 7.10. The number of aryl methyl sites for hydroxylation is 1. The maximum Gasteiger partial charge on any atom is 0.0807 e. The number of nitrogens with two attached hydrogens (primary N) is 1. The zero-order chi connectivity index (χ0) is 10.7. The fourth-order valence-corrected chi connectivity index (χ4v) is 2.99. The molecule has 15 heavy (non-hydrogen) atoms. The lowest BCUT2D eigenvalue weighted by Crippen LogP contribution is -2.10. The van der Waals surface area contributed by atoms with Crippen molar-refractivity contribution in [2.24, 2.45) is 5.73 Å². The van der Waals surface area contributed by atoms with Gasteiger partial charge in [-0.15, -0.1) is 16.4 Å². The second kappa shape index (κ2) is 4.83. The van der Waals surface area contributed by atoms with Crippen molar-refractivity contribution in [3.8, 4) is 0 Å². The molecule has 1 unspecified atom stereocenters. The number of aromatic nitrogens is 2. The molecule has 2 heterocycles. The summed E-state index contributed by atoms with van der Waals surface area (Å²) in [6, 6.07) is 4.03. The molecule has 0 aliphatic carbocycles. The predicted octanol–water partition coefficient (Wildman–Crippen LogP) is 2.60. The molecule has 0 fully saturated rings. The van der Waals surface area contributed by atoms with Crippen LogP contribution in [0.2, 0.25) is 0 Å². The predicted molar refractivity (Wildman–Crippen MR) is 64.3 cm³/mol. The molecule has 80 valence electrons. The first kappa shape index (κ1) is 10.7. The van der Waals surface area contributed by atoms with Gasteiger partial charge in [0, 0.05) is 4.88 Å². The molecule has 0 spiro atoms. The van der Waals surface area contributed by atoms with Crippen molar-refractivity contribution in [1.29, 1.82) is 0 Å². The van der Waals surface area contributed by atoms with Crippen LogP contribution in [-0.2, 0) is 6.42 Å². The quantitative estimate of drug-likeness (QED) is 0.892. The fourth-order valence-electron chi connectivity index (χ4n) is 1.46. The fraction of sp³-hybridized carbons (Fsp3) is 0.400. The van der Waals surface area contributed by atoms with E-state index in [0.717, 1.165) is 23.4 Å². The standard InChI is InChI=1S/C10H13N3S2/c1-2-4-7-10(15-13-12-7)9(11)8-5-3-6-14-8/h3,5-6,9H,2,4,11H2,1H3. The van der Waals surface area contributed by atoms with Crippen LogP contribution in [0, 0.1) is 0 Å². The average molecular weight is 239 g/mol. The smallest absolute Gasteiger partial charge is 0.0807 e. The molecular formula is C10H13N3S2. The molecule has 2 aromatic rings. The summed E-state index contributed by atoms with van der Waals surface area (Å²) >= 11 is 3.10. The molecule has 1 atom stereocenters. The first-order chi connectivity index (χ1) is 7.33. The lowest BCUT2D eigenvalue weighted by Gasteiger charge is -2.07. The van der Waals surface area contributed by atoms with Crippen LogP contribution in [0.15, 0.2) is 17.5 Å². The summed E-state index contributed by atoms with van der Waals surface area (Å²) in [4.78, 5) is 2.29. The molecule has 0 saturated heterocycles. The van der Waals surface area contributed by atoms with Crippen LogP contribution in [0.25, 0.3) is 0 Å². The molecule has 2 aromatic heterocycles. The van der Waals surface area contributed by atoms with Gasteiger partial charge in [-0.3, -0.25) is 0 Å². The van der Waals surface area contributed by atoms with E-state index in [4.69, 9.17) is 5.73 Å². The van der Waals surface area contributed by atoms with Crippen LogP contribution in [0.5, 0.6) is 0 Å². The van der Waals surface area contributed by atoms with Crippen LogP contribution in [0.3, 0.4) is 0 Å². The Hall–Kier alpha value is -0.780. The molecule has 0 aliphatic rings. The van der Waals surface area contributed by atoms with E-state index in [9.17, 15) is 0 Å². The average Bonchev–Trinajstić information content (AvgIpc) is 2.87. The van der Waals surface area contributed by atoms with Gasteiger partial charge in [-0.05, 0) is 29.4 Å². The van der Waals surface area contributed by atoms with Crippen LogP contribution in [0.1, 0.15) is 34.8 Å². The van der Waals surface area contributed by atoms with Gasteiger partial charge >= 0.3 is 0 Å². The highest BCUT2D eigenvalue weighted by atomic mass is 32.1. The van der Waals surface area contributed by atoms with Crippen molar-refractivity contribution in [3.63, 3.8) is 0 Å². The van der Waals surface area contributed by atoms with E-state index in [2.05, 4.69) is 22.6 Å². The molecule has 3 nitrogen and oxygen atoms in total. The Kier molecular flexibility index (Phi) is 3.45. The largest absolute Gasteiger partial charge is 0.319 e. The molecule has 0 radical (unpaired) electrons. The van der Waals surface area contributed by atoms with Crippen molar-refractivity contribution < 1.29 is 0 Å². The summed E-state index contributed by atoms with van der Waals surface area (Å²) in [5, 5.41) is 6.17. The van der Waals surface area contributed by atoms with E-state index in [1.807, 2.05) is 11.4 Å². The zero-order valence-corrected chi connectivity index (χ0v) is 10.1. The van der Waals surface area contributed by atoms with Gasteiger partial charge in [0.05, 0.1) is 16.6 Å². The minimum atomic E-state index is -0.0495. The monoisotopic (exact) mass is 239 g/mol. The number of hydrogen-bond acceptors (Lipinski definition) is 5. The van der Waals surface area contributed by atoms with Crippen molar-refractivity contribution >= 4 is 22.9 Å². The molecule has 0 bridgehead atoms. The Morgan fingerprint density at radius 2 is 2.40 bits per heavy atom. The van der Waals surface area contributed by atoms with Crippen molar-refractivity contribution in [3.05, 3.63) is 33.0 Å². The molecular weight excluding hydrogens is 226 g/mol. The maximum atomic E-state index is 6.18. The van der Waals surface area contributed by atoms with Gasteiger partial charge in [-0.25, -0.2) is 0 Å². The van der Waals surface area contributed by atoms with Crippen molar-refractivity contribution in [1.82, 2.24) is 9.59 Å². The second-order valence-corrected chi connectivity index (χ2v) is 5.09. The van der Waals surface area contributed by atoms with Crippen molar-refractivity contribution in [2.75, 3.05) is 0 Å². The molecule has 0 aliphatic heterocycles. The van der Waals surface area contributed by atoms with Gasteiger partial charge in [-0.1, -0.05) is 23.9 Å². The van der Waals surface area contributed by atoms with Gasteiger partial charge in [0.2, 0.25) is 0 Å².